The van der Waals surface area contributed by atoms with Crippen LogP contribution in [0.1, 0.15) is 17.7 Å². The number of amides is 2. The average Bonchev–Trinajstić information content (AvgIpc) is 2.76. The molecule has 1 saturated heterocycles. The molecule has 2 rings (SSSR count). The number of hydrogen-bond acceptors (Lipinski definition) is 4. The lowest BCUT2D eigenvalue weighted by atomic mass is 10.00. The fourth-order valence-corrected chi connectivity index (χ4v) is 6.42. The Bertz CT molecular complexity index is 630. The highest BCUT2D eigenvalue weighted by atomic mass is 79.9. The molecule has 0 saturated carbocycles. The number of carbonyl (C=O) groups excluding carboxylic acids is 1. The van der Waals surface area contributed by atoms with E-state index in [-0.39, 0.29) is 5.92 Å². The smallest absolute Gasteiger partial charge is 0.312 e. The molecule has 2 heterocycles. The predicted molar refractivity (Wildman–Crippen MR) is 85.8 cm³/mol. The van der Waals surface area contributed by atoms with Gasteiger partial charge >= 0.3 is 6.03 Å². The van der Waals surface area contributed by atoms with Gasteiger partial charge in [0.05, 0.1) is 8.68 Å². The van der Waals surface area contributed by atoms with E-state index in [4.69, 9.17) is 5.73 Å². The van der Waals surface area contributed by atoms with Crippen LogP contribution in [0.5, 0.6) is 0 Å². The summed E-state index contributed by atoms with van der Waals surface area (Å²) in [5.74, 6) is 0.100. The van der Waals surface area contributed by atoms with E-state index >= 15 is 0 Å². The van der Waals surface area contributed by atoms with E-state index < -0.39 is 16.1 Å². The Morgan fingerprint density at radius 1 is 1.62 bits per heavy atom. The van der Waals surface area contributed by atoms with Gasteiger partial charge in [-0.05, 0) is 47.7 Å². The van der Waals surface area contributed by atoms with Gasteiger partial charge in [-0.25, -0.2) is 13.2 Å². The number of halogens is 1. The molecule has 2 amide bonds. The Kier molecular flexibility index (Phi) is 5.29. The van der Waals surface area contributed by atoms with E-state index in [1.54, 1.807) is 13.0 Å². The zero-order chi connectivity index (χ0) is 15.6. The molecule has 1 aliphatic heterocycles. The van der Waals surface area contributed by atoms with Crippen molar-refractivity contribution in [2.24, 2.45) is 11.7 Å². The third-order valence-corrected chi connectivity index (χ3v) is 7.18. The van der Waals surface area contributed by atoms with Crippen molar-refractivity contribution in [2.75, 3.05) is 19.6 Å². The van der Waals surface area contributed by atoms with Crippen molar-refractivity contribution in [3.63, 3.8) is 0 Å². The van der Waals surface area contributed by atoms with Crippen molar-refractivity contribution >= 4 is 43.3 Å². The van der Waals surface area contributed by atoms with Crippen molar-refractivity contribution in [1.82, 2.24) is 9.62 Å². The number of thiophene rings is 1. The van der Waals surface area contributed by atoms with E-state index in [2.05, 4.69) is 21.2 Å². The molecule has 6 nitrogen and oxygen atoms in total. The maximum Gasteiger partial charge on any atom is 0.312 e. The highest BCUT2D eigenvalue weighted by Crippen LogP contribution is 2.33. The number of nitrogens with two attached hydrogens (primary N) is 1. The van der Waals surface area contributed by atoms with Crippen molar-refractivity contribution in [3.8, 4) is 0 Å². The van der Waals surface area contributed by atoms with Gasteiger partial charge in [-0.1, -0.05) is 0 Å². The molecule has 1 atom stereocenters. The average molecular weight is 396 g/mol. The summed E-state index contributed by atoms with van der Waals surface area (Å²) in [5.41, 5.74) is 5.06. The second kappa shape index (κ2) is 6.64. The second-order valence-electron chi connectivity index (χ2n) is 5.09. The largest absolute Gasteiger partial charge is 0.352 e. The third kappa shape index (κ3) is 3.97. The normalized spacial score (nSPS) is 20.4. The van der Waals surface area contributed by atoms with Crippen LogP contribution in [0.25, 0.3) is 0 Å². The molecule has 0 aliphatic carbocycles. The summed E-state index contributed by atoms with van der Waals surface area (Å²) in [5, 5.41) is 2.55. The van der Waals surface area contributed by atoms with Gasteiger partial charge in [0.15, 0.2) is 0 Å². The number of nitrogens with zero attached hydrogens (tertiary/aromatic N) is 1. The van der Waals surface area contributed by atoms with E-state index in [1.807, 2.05) is 0 Å². The van der Waals surface area contributed by atoms with Crippen molar-refractivity contribution in [2.45, 2.75) is 24.7 Å². The number of piperidine rings is 1. The number of hydrogen-bond donors (Lipinski definition) is 2. The standard InChI is InChI=1S/C12H18BrN3O3S2/c1-8-10(5-11(13)20-8)21(18,19)16-4-2-3-9(7-16)6-15-12(14)17/h5,9H,2-4,6-7H2,1H3,(H3,14,15,17). The number of carbonyl (C=O) groups is 1. The highest BCUT2D eigenvalue weighted by molar-refractivity contribution is 9.11. The topological polar surface area (TPSA) is 92.5 Å². The summed E-state index contributed by atoms with van der Waals surface area (Å²) in [6, 6.07) is 1.08. The lowest BCUT2D eigenvalue weighted by Gasteiger charge is -2.31. The van der Waals surface area contributed by atoms with Crippen LogP contribution in [0.4, 0.5) is 4.79 Å². The van der Waals surface area contributed by atoms with Gasteiger partial charge in [0.1, 0.15) is 0 Å². The zero-order valence-electron chi connectivity index (χ0n) is 11.6. The lowest BCUT2D eigenvalue weighted by Crippen LogP contribution is -2.44. The van der Waals surface area contributed by atoms with Gasteiger partial charge in [0.25, 0.3) is 0 Å². The molecule has 1 fully saturated rings. The first-order chi connectivity index (χ1) is 9.80. The van der Waals surface area contributed by atoms with E-state index in [0.29, 0.717) is 24.5 Å². The zero-order valence-corrected chi connectivity index (χ0v) is 14.9. The molecule has 1 aromatic heterocycles. The van der Waals surface area contributed by atoms with Crippen LogP contribution in [0.2, 0.25) is 0 Å². The lowest BCUT2D eigenvalue weighted by molar-refractivity contribution is 0.236. The Morgan fingerprint density at radius 2 is 2.33 bits per heavy atom. The maximum atomic E-state index is 12.7. The summed E-state index contributed by atoms with van der Waals surface area (Å²) in [6.45, 7) is 3.14. The Labute approximate surface area is 136 Å². The number of aryl methyl sites for hydroxylation is 1. The Morgan fingerprint density at radius 3 is 2.90 bits per heavy atom. The molecular weight excluding hydrogens is 378 g/mol. The van der Waals surface area contributed by atoms with Gasteiger partial charge in [-0.2, -0.15) is 4.31 Å². The molecule has 0 spiro atoms. The number of rotatable bonds is 4. The van der Waals surface area contributed by atoms with Crippen molar-refractivity contribution < 1.29 is 13.2 Å². The Hall–Kier alpha value is -0.640. The number of sulfonamides is 1. The van der Waals surface area contributed by atoms with Crippen LogP contribution in [-0.4, -0.2) is 38.4 Å². The number of urea groups is 1. The summed E-state index contributed by atoms with van der Waals surface area (Å²) in [7, 11) is -3.47. The van der Waals surface area contributed by atoms with Crippen LogP contribution in [0.3, 0.4) is 0 Å². The molecule has 1 aromatic rings. The van der Waals surface area contributed by atoms with Gasteiger partial charge in [0.2, 0.25) is 10.0 Å². The molecule has 1 aliphatic rings. The number of primary amides is 1. The summed E-state index contributed by atoms with van der Waals surface area (Å²) < 4.78 is 27.7. The minimum atomic E-state index is -3.47. The molecule has 0 bridgehead atoms. The van der Waals surface area contributed by atoms with Crippen LogP contribution >= 0.6 is 27.3 Å². The quantitative estimate of drug-likeness (QED) is 0.814. The van der Waals surface area contributed by atoms with E-state index in [1.165, 1.54) is 15.6 Å². The molecule has 9 heteroatoms. The fourth-order valence-electron chi connectivity index (χ4n) is 2.48. The first-order valence-electron chi connectivity index (χ1n) is 6.60. The molecular formula is C12H18BrN3O3S2. The molecule has 0 radical (unpaired) electrons. The fraction of sp³-hybridized carbons (Fsp3) is 0.583. The summed E-state index contributed by atoms with van der Waals surface area (Å²) in [6.07, 6.45) is 1.67. The summed E-state index contributed by atoms with van der Waals surface area (Å²) >= 11 is 4.74. The third-order valence-electron chi connectivity index (χ3n) is 3.51. The Balaban J connectivity index is 2.13. The van der Waals surface area contributed by atoms with Gasteiger partial charge in [0, 0.05) is 24.5 Å². The van der Waals surface area contributed by atoms with Crippen LogP contribution in [0, 0.1) is 12.8 Å². The van der Waals surface area contributed by atoms with Gasteiger partial charge < -0.3 is 11.1 Å². The van der Waals surface area contributed by atoms with Crippen LogP contribution in [0.15, 0.2) is 14.7 Å². The number of nitrogens with one attached hydrogen (secondary N) is 1. The van der Waals surface area contributed by atoms with E-state index in [0.717, 1.165) is 21.5 Å². The first kappa shape index (κ1) is 16.7. The first-order valence-corrected chi connectivity index (χ1v) is 9.65. The van der Waals surface area contributed by atoms with Crippen LogP contribution < -0.4 is 11.1 Å². The molecule has 0 aromatic carbocycles. The van der Waals surface area contributed by atoms with Crippen LogP contribution in [-0.2, 0) is 10.0 Å². The summed E-state index contributed by atoms with van der Waals surface area (Å²) in [4.78, 5) is 11.9. The van der Waals surface area contributed by atoms with Gasteiger partial charge in [-0.15, -0.1) is 11.3 Å². The van der Waals surface area contributed by atoms with Gasteiger partial charge in [-0.3, -0.25) is 0 Å². The molecule has 1 unspecified atom stereocenters. The molecule has 21 heavy (non-hydrogen) atoms. The van der Waals surface area contributed by atoms with Crippen molar-refractivity contribution in [3.05, 3.63) is 14.7 Å². The molecule has 118 valence electrons. The monoisotopic (exact) mass is 395 g/mol. The molecule has 3 N–H and O–H groups in total. The highest BCUT2D eigenvalue weighted by Gasteiger charge is 2.32. The SMILES string of the molecule is Cc1sc(Br)cc1S(=O)(=O)N1CCCC(CNC(N)=O)C1. The minimum absolute atomic E-state index is 0.100. The minimum Gasteiger partial charge on any atom is -0.352 e. The van der Waals surface area contributed by atoms with E-state index in [9.17, 15) is 13.2 Å². The second-order valence-corrected chi connectivity index (χ2v) is 9.63. The predicted octanol–water partition coefficient (Wildman–Crippen LogP) is 1.89. The van der Waals surface area contributed by atoms with Crippen molar-refractivity contribution in [1.29, 1.82) is 0 Å². The maximum absolute atomic E-state index is 12.7.